The summed E-state index contributed by atoms with van der Waals surface area (Å²) in [5.74, 6) is -1.79. The standard InChI is InChI=1S/C31H26N2O5.C16H18N2O3/c1-16(2)25-26(27(34)20-12-17(3)11-18(4)13-20)33(31(38)32-30(25)37)15-19-9-10-23-24(14-19)29(36)22-8-6-5-7-21(22)28(23)35;1-8(2)12-13(17-16(21)18-15(12)20)14(19)11-6-9(3)5-10(4)7-11/h5-14,16H,15H2,1-4H3,(H,32,37,38);5-8H,1-4H3,(H2,17,18,20,21). The Hall–Kier alpha value is -7.08. The van der Waals surface area contributed by atoms with Crippen LogP contribution in [0.3, 0.4) is 0 Å². The average Bonchev–Trinajstić information content (AvgIpc) is 3.16. The van der Waals surface area contributed by atoms with Crippen molar-refractivity contribution in [1.29, 1.82) is 0 Å². The normalized spacial score (nSPS) is 11.9. The smallest absolute Gasteiger partial charge is 0.304 e. The van der Waals surface area contributed by atoms with E-state index in [0.29, 0.717) is 38.9 Å². The van der Waals surface area contributed by atoms with Gasteiger partial charge in [-0.1, -0.05) is 92.4 Å². The molecule has 12 nitrogen and oxygen atoms in total. The quantitative estimate of drug-likeness (QED) is 0.148. The molecule has 3 N–H and O–H groups in total. The van der Waals surface area contributed by atoms with E-state index in [9.17, 15) is 38.4 Å². The van der Waals surface area contributed by atoms with Gasteiger partial charge in [0.05, 0.1) is 12.2 Å². The van der Waals surface area contributed by atoms with Crippen LogP contribution in [-0.4, -0.2) is 42.7 Å². The lowest BCUT2D eigenvalue weighted by Crippen LogP contribution is -2.38. The van der Waals surface area contributed by atoms with Crippen molar-refractivity contribution in [1.82, 2.24) is 19.5 Å². The molecule has 1 aliphatic rings. The van der Waals surface area contributed by atoms with Crippen molar-refractivity contribution < 1.29 is 19.2 Å². The van der Waals surface area contributed by atoms with Gasteiger partial charge >= 0.3 is 11.4 Å². The summed E-state index contributed by atoms with van der Waals surface area (Å²) < 4.78 is 1.25. The molecule has 4 aromatic carbocycles. The molecule has 0 unspecified atom stereocenters. The maximum absolute atomic E-state index is 13.8. The van der Waals surface area contributed by atoms with Gasteiger partial charge in [0, 0.05) is 44.5 Å². The molecule has 6 aromatic rings. The minimum atomic E-state index is -0.724. The van der Waals surface area contributed by atoms with E-state index in [2.05, 4.69) is 15.0 Å². The number of nitrogens with one attached hydrogen (secondary N) is 3. The Morgan fingerprint density at radius 3 is 1.54 bits per heavy atom. The number of H-pyrrole nitrogens is 3. The minimum absolute atomic E-state index is 0.0178. The predicted octanol–water partition coefficient (Wildman–Crippen LogP) is 6.37. The second-order valence-electron chi connectivity index (χ2n) is 15.6. The molecule has 0 aliphatic heterocycles. The Labute approximate surface area is 339 Å². The van der Waals surface area contributed by atoms with Gasteiger partial charge in [0.1, 0.15) is 5.69 Å². The van der Waals surface area contributed by atoms with Crippen molar-refractivity contribution in [3.63, 3.8) is 0 Å². The van der Waals surface area contributed by atoms with Crippen LogP contribution < -0.4 is 22.5 Å². The van der Waals surface area contributed by atoms with Crippen LogP contribution in [0.15, 0.2) is 98.0 Å². The first-order chi connectivity index (χ1) is 27.9. The molecule has 7 rings (SSSR count). The summed E-state index contributed by atoms with van der Waals surface area (Å²) in [5, 5.41) is 0. The highest BCUT2D eigenvalue weighted by molar-refractivity contribution is 6.28. The van der Waals surface area contributed by atoms with Gasteiger partial charge in [0.25, 0.3) is 11.1 Å². The van der Waals surface area contributed by atoms with Crippen LogP contribution in [0.1, 0.15) is 142 Å². The molecule has 0 spiro atoms. The number of benzene rings is 4. The molecule has 2 aromatic heterocycles. The van der Waals surface area contributed by atoms with E-state index < -0.39 is 28.3 Å². The number of hydrogen-bond donors (Lipinski definition) is 3. The van der Waals surface area contributed by atoms with Gasteiger partial charge in [-0.05, 0) is 81.5 Å². The highest BCUT2D eigenvalue weighted by Gasteiger charge is 2.30. The molecule has 59 heavy (non-hydrogen) atoms. The first-order valence-corrected chi connectivity index (χ1v) is 19.2. The van der Waals surface area contributed by atoms with E-state index in [4.69, 9.17) is 0 Å². The highest BCUT2D eigenvalue weighted by atomic mass is 16.2. The monoisotopic (exact) mass is 792 g/mol. The van der Waals surface area contributed by atoms with E-state index in [-0.39, 0.29) is 58.2 Å². The van der Waals surface area contributed by atoms with Crippen LogP contribution in [0.5, 0.6) is 0 Å². The molecule has 12 heteroatoms. The summed E-state index contributed by atoms with van der Waals surface area (Å²) >= 11 is 0. The van der Waals surface area contributed by atoms with Crippen LogP contribution >= 0.6 is 0 Å². The van der Waals surface area contributed by atoms with Gasteiger partial charge in [0.2, 0.25) is 11.6 Å². The van der Waals surface area contributed by atoms with Gasteiger partial charge in [-0.2, -0.15) is 0 Å². The number of aromatic amines is 3. The molecule has 1 aliphatic carbocycles. The zero-order valence-corrected chi connectivity index (χ0v) is 34.1. The lowest BCUT2D eigenvalue weighted by Gasteiger charge is -2.20. The van der Waals surface area contributed by atoms with Crippen molar-refractivity contribution in [2.45, 2.75) is 73.8 Å². The van der Waals surface area contributed by atoms with E-state index in [1.165, 1.54) is 4.57 Å². The maximum Gasteiger partial charge on any atom is 0.329 e. The number of carbonyl (C=O) groups is 4. The van der Waals surface area contributed by atoms with Crippen LogP contribution in [0.25, 0.3) is 0 Å². The summed E-state index contributed by atoms with van der Waals surface area (Å²) in [5.41, 5.74) is 4.40. The van der Waals surface area contributed by atoms with Gasteiger partial charge < -0.3 is 4.98 Å². The van der Waals surface area contributed by atoms with Gasteiger partial charge in [-0.3, -0.25) is 43.3 Å². The Balaban J connectivity index is 0.000000236. The zero-order valence-electron chi connectivity index (χ0n) is 34.1. The largest absolute Gasteiger partial charge is 0.329 e. The topological polar surface area (TPSA) is 189 Å². The fourth-order valence-electron chi connectivity index (χ4n) is 7.66. The molecule has 2 heterocycles. The molecule has 0 saturated heterocycles. The third-order valence-electron chi connectivity index (χ3n) is 10.1. The van der Waals surface area contributed by atoms with E-state index in [0.717, 1.165) is 22.3 Å². The Morgan fingerprint density at radius 2 is 1.02 bits per heavy atom. The summed E-state index contributed by atoms with van der Waals surface area (Å²) in [6.07, 6.45) is 0. The lowest BCUT2D eigenvalue weighted by molar-refractivity contribution is 0.0979. The number of nitrogens with zero attached hydrogens (tertiary/aromatic N) is 1. The van der Waals surface area contributed by atoms with Gasteiger partial charge in [-0.25, -0.2) is 9.59 Å². The fourth-order valence-corrected chi connectivity index (χ4v) is 7.66. The molecule has 0 saturated carbocycles. The molecular weight excluding hydrogens is 749 g/mol. The molecule has 0 bridgehead atoms. The Bertz CT molecular complexity index is 2940. The Morgan fingerprint density at radius 1 is 0.542 bits per heavy atom. The molecule has 0 radical (unpaired) electrons. The van der Waals surface area contributed by atoms with Crippen LogP contribution in [0.4, 0.5) is 0 Å². The number of fused-ring (bicyclic) bond motifs is 2. The number of aromatic nitrogens is 4. The second kappa shape index (κ2) is 16.4. The number of aryl methyl sites for hydroxylation is 4. The zero-order chi connectivity index (χ0) is 43.0. The first kappa shape index (κ1) is 41.6. The highest BCUT2D eigenvalue weighted by Crippen LogP contribution is 2.29. The summed E-state index contributed by atoms with van der Waals surface area (Å²) in [6.45, 7) is 14.7. The summed E-state index contributed by atoms with van der Waals surface area (Å²) in [4.78, 5) is 109. The lowest BCUT2D eigenvalue weighted by atomic mass is 9.83. The fraction of sp³-hybridized carbons (Fsp3) is 0.234. The first-order valence-electron chi connectivity index (χ1n) is 19.2. The molecule has 0 fully saturated rings. The molecule has 0 amide bonds. The molecular formula is C47H44N4O8. The van der Waals surface area contributed by atoms with Crippen molar-refractivity contribution in [2.24, 2.45) is 0 Å². The number of hydrogen-bond acceptors (Lipinski definition) is 8. The third kappa shape index (κ3) is 8.33. The summed E-state index contributed by atoms with van der Waals surface area (Å²) in [6, 6.07) is 22.4. The number of ketones is 4. The number of rotatable bonds is 8. The Kier molecular flexibility index (Phi) is 11.6. The van der Waals surface area contributed by atoms with Crippen LogP contribution in [0.2, 0.25) is 0 Å². The average molecular weight is 793 g/mol. The van der Waals surface area contributed by atoms with Crippen molar-refractivity contribution >= 4 is 23.1 Å². The molecule has 300 valence electrons. The van der Waals surface area contributed by atoms with Crippen molar-refractivity contribution in [3.05, 3.63) is 204 Å². The van der Waals surface area contributed by atoms with Crippen molar-refractivity contribution in [3.8, 4) is 0 Å². The van der Waals surface area contributed by atoms with Crippen LogP contribution in [0, 0.1) is 27.7 Å². The van der Waals surface area contributed by atoms with Gasteiger partial charge in [0.15, 0.2) is 11.6 Å². The predicted molar refractivity (Wildman–Crippen MR) is 225 cm³/mol. The second-order valence-corrected chi connectivity index (χ2v) is 15.6. The minimum Gasteiger partial charge on any atom is -0.304 e. The van der Waals surface area contributed by atoms with E-state index in [1.54, 1.807) is 94.4 Å². The third-order valence-corrected chi connectivity index (χ3v) is 10.1. The van der Waals surface area contributed by atoms with E-state index in [1.807, 2.05) is 39.8 Å². The van der Waals surface area contributed by atoms with Gasteiger partial charge in [-0.15, -0.1) is 0 Å². The number of carbonyl (C=O) groups excluding carboxylic acids is 4. The SMILES string of the molecule is Cc1cc(C)cc(C(=O)c2[nH]c(=O)[nH]c(=O)c2C(C)C)c1.Cc1cc(C)cc(C(=O)c2c(C(C)C)c(=O)[nH]c(=O)n2Cc2ccc3c(c2)C(=O)c2ccccc2C3=O)c1. The molecule has 0 atom stereocenters. The van der Waals surface area contributed by atoms with E-state index >= 15 is 0 Å². The van der Waals surface area contributed by atoms with Crippen molar-refractivity contribution in [2.75, 3.05) is 0 Å². The maximum atomic E-state index is 13.8. The van der Waals surface area contributed by atoms with Crippen LogP contribution in [-0.2, 0) is 6.54 Å². The summed E-state index contributed by atoms with van der Waals surface area (Å²) in [7, 11) is 0.